The predicted octanol–water partition coefficient (Wildman–Crippen LogP) is 4.32. The molecule has 5 rings (SSSR count). The largest absolute Gasteiger partial charge is 0.494 e. The summed E-state index contributed by atoms with van der Waals surface area (Å²) in [5, 5.41) is 13.2. The van der Waals surface area contributed by atoms with Crippen LogP contribution in [0.5, 0.6) is 5.75 Å². The summed E-state index contributed by atoms with van der Waals surface area (Å²) in [5.74, 6) is 1.58. The van der Waals surface area contributed by atoms with Gasteiger partial charge in [0.2, 0.25) is 5.82 Å². The van der Waals surface area contributed by atoms with Crippen molar-refractivity contribution in [1.82, 2.24) is 25.1 Å². The van der Waals surface area contributed by atoms with E-state index in [1.807, 2.05) is 48.0 Å². The Labute approximate surface area is 177 Å². The van der Waals surface area contributed by atoms with Gasteiger partial charge in [0.1, 0.15) is 11.9 Å². The van der Waals surface area contributed by atoms with Gasteiger partial charge in [-0.05, 0) is 36.8 Å². The van der Waals surface area contributed by atoms with Gasteiger partial charge >= 0.3 is 0 Å². The van der Waals surface area contributed by atoms with Crippen LogP contribution in [0, 0.1) is 0 Å². The van der Waals surface area contributed by atoms with Crippen molar-refractivity contribution >= 4 is 11.6 Å². The quantitative estimate of drug-likeness (QED) is 0.472. The molecule has 30 heavy (non-hydrogen) atoms. The van der Waals surface area contributed by atoms with E-state index in [2.05, 4.69) is 20.5 Å². The molecule has 0 fully saturated rings. The smallest absolute Gasteiger partial charge is 0.280 e. The molecule has 4 aromatic rings. The second-order valence-corrected chi connectivity index (χ2v) is 7.24. The molecule has 3 heterocycles. The van der Waals surface area contributed by atoms with Crippen molar-refractivity contribution in [2.75, 3.05) is 6.61 Å². The SMILES string of the molecule is CCOc1ccc([C@@H]2Cn3nnc(-c4nc(-c5cccc(Cl)c5)no4)c3CO2)cc1. The summed E-state index contributed by atoms with van der Waals surface area (Å²) in [4.78, 5) is 4.45. The molecule has 0 radical (unpaired) electrons. The molecule has 0 amide bonds. The zero-order valence-electron chi connectivity index (χ0n) is 16.2. The lowest BCUT2D eigenvalue weighted by Gasteiger charge is -2.24. The van der Waals surface area contributed by atoms with Crippen molar-refractivity contribution in [1.29, 1.82) is 0 Å². The molecule has 1 atom stereocenters. The number of hydrogen-bond donors (Lipinski definition) is 0. The Kier molecular flexibility index (Phi) is 4.94. The molecule has 0 saturated carbocycles. The van der Waals surface area contributed by atoms with E-state index >= 15 is 0 Å². The number of benzene rings is 2. The minimum atomic E-state index is -0.118. The van der Waals surface area contributed by atoms with E-state index in [0.29, 0.717) is 42.2 Å². The Bertz CT molecular complexity index is 1170. The van der Waals surface area contributed by atoms with Crippen LogP contribution in [0.3, 0.4) is 0 Å². The van der Waals surface area contributed by atoms with Gasteiger partial charge in [0, 0.05) is 10.6 Å². The molecule has 9 heteroatoms. The number of aromatic nitrogens is 5. The van der Waals surface area contributed by atoms with Gasteiger partial charge in [-0.15, -0.1) is 5.10 Å². The fourth-order valence-electron chi connectivity index (χ4n) is 3.39. The van der Waals surface area contributed by atoms with Crippen LogP contribution >= 0.6 is 11.6 Å². The van der Waals surface area contributed by atoms with Crippen molar-refractivity contribution in [3.05, 3.63) is 64.8 Å². The van der Waals surface area contributed by atoms with E-state index in [1.54, 1.807) is 12.1 Å². The number of ether oxygens (including phenoxy) is 2. The first kappa shape index (κ1) is 18.8. The predicted molar refractivity (Wildman–Crippen MR) is 109 cm³/mol. The number of halogens is 1. The van der Waals surface area contributed by atoms with Crippen molar-refractivity contribution < 1.29 is 14.0 Å². The van der Waals surface area contributed by atoms with Crippen molar-refractivity contribution in [2.45, 2.75) is 26.2 Å². The molecule has 0 bridgehead atoms. The molecular formula is C21H18ClN5O3. The standard InChI is InChI=1S/C21H18ClN5O3/c1-2-28-16-8-6-13(7-9-16)18-11-27-17(12-29-18)19(24-26-27)21-23-20(25-30-21)14-4-3-5-15(22)10-14/h3-10,18H,2,11-12H2,1H3/t18-/m0/s1. The van der Waals surface area contributed by atoms with Crippen LogP contribution in [0.15, 0.2) is 53.1 Å². The van der Waals surface area contributed by atoms with E-state index in [4.69, 9.17) is 25.6 Å². The van der Waals surface area contributed by atoms with Gasteiger partial charge < -0.3 is 14.0 Å². The molecule has 1 aliphatic rings. The summed E-state index contributed by atoms with van der Waals surface area (Å²) in [5.41, 5.74) is 3.16. The van der Waals surface area contributed by atoms with Gasteiger partial charge in [-0.2, -0.15) is 4.98 Å². The normalized spacial score (nSPS) is 15.7. The van der Waals surface area contributed by atoms with Gasteiger partial charge in [0.05, 0.1) is 25.5 Å². The zero-order valence-corrected chi connectivity index (χ0v) is 16.9. The first-order chi connectivity index (χ1) is 14.7. The highest BCUT2D eigenvalue weighted by Crippen LogP contribution is 2.31. The summed E-state index contributed by atoms with van der Waals surface area (Å²) in [6.45, 7) is 3.49. The topological polar surface area (TPSA) is 88.1 Å². The third-order valence-electron chi connectivity index (χ3n) is 4.87. The van der Waals surface area contributed by atoms with Crippen LogP contribution < -0.4 is 4.74 Å². The number of rotatable bonds is 5. The van der Waals surface area contributed by atoms with Crippen LogP contribution in [0.2, 0.25) is 5.02 Å². The highest BCUT2D eigenvalue weighted by molar-refractivity contribution is 6.30. The second kappa shape index (κ2) is 7.89. The zero-order chi connectivity index (χ0) is 20.5. The molecule has 8 nitrogen and oxygen atoms in total. The molecule has 2 aromatic carbocycles. The van der Waals surface area contributed by atoms with Crippen molar-refractivity contribution in [3.8, 4) is 28.7 Å². The summed E-state index contributed by atoms with van der Waals surface area (Å²) >= 11 is 6.05. The molecule has 0 N–H and O–H groups in total. The molecule has 0 unspecified atom stereocenters. The lowest BCUT2D eigenvalue weighted by atomic mass is 10.1. The van der Waals surface area contributed by atoms with E-state index in [0.717, 1.165) is 22.6 Å². The Morgan fingerprint density at radius 3 is 2.87 bits per heavy atom. The van der Waals surface area contributed by atoms with Crippen LogP contribution in [0.4, 0.5) is 0 Å². The van der Waals surface area contributed by atoms with Crippen LogP contribution in [0.25, 0.3) is 23.0 Å². The molecule has 0 aliphatic carbocycles. The third-order valence-corrected chi connectivity index (χ3v) is 5.11. The van der Waals surface area contributed by atoms with Gasteiger partial charge in [0.15, 0.2) is 5.69 Å². The molecule has 1 aliphatic heterocycles. The first-order valence-electron chi connectivity index (χ1n) is 9.58. The maximum atomic E-state index is 6.07. The summed E-state index contributed by atoms with van der Waals surface area (Å²) in [6.07, 6.45) is -0.118. The highest BCUT2D eigenvalue weighted by atomic mass is 35.5. The fraction of sp³-hybridized carbons (Fsp3) is 0.238. The van der Waals surface area contributed by atoms with Gasteiger partial charge in [-0.1, -0.05) is 46.2 Å². The maximum Gasteiger partial charge on any atom is 0.280 e. The average Bonchev–Trinajstić information content (AvgIpc) is 3.41. The molecule has 152 valence electrons. The number of nitrogens with zero attached hydrogens (tertiary/aromatic N) is 5. The Morgan fingerprint density at radius 2 is 2.07 bits per heavy atom. The van der Waals surface area contributed by atoms with E-state index in [-0.39, 0.29) is 6.10 Å². The average molecular weight is 424 g/mol. The monoisotopic (exact) mass is 423 g/mol. The molecule has 2 aromatic heterocycles. The first-order valence-corrected chi connectivity index (χ1v) is 9.96. The summed E-state index contributed by atoms with van der Waals surface area (Å²) < 4.78 is 18.8. The Morgan fingerprint density at radius 1 is 1.20 bits per heavy atom. The Hall–Kier alpha value is -3.23. The Balaban J connectivity index is 1.36. The van der Waals surface area contributed by atoms with Crippen molar-refractivity contribution in [2.24, 2.45) is 0 Å². The summed E-state index contributed by atoms with van der Waals surface area (Å²) in [7, 11) is 0. The van der Waals surface area contributed by atoms with Gasteiger partial charge in [-0.25, -0.2) is 4.68 Å². The summed E-state index contributed by atoms with van der Waals surface area (Å²) in [6, 6.07) is 15.2. The van der Waals surface area contributed by atoms with Crippen LogP contribution in [0.1, 0.15) is 24.3 Å². The highest BCUT2D eigenvalue weighted by Gasteiger charge is 2.28. The fourth-order valence-corrected chi connectivity index (χ4v) is 3.58. The van der Waals surface area contributed by atoms with Crippen molar-refractivity contribution in [3.63, 3.8) is 0 Å². The van der Waals surface area contributed by atoms with E-state index < -0.39 is 0 Å². The second-order valence-electron chi connectivity index (χ2n) is 6.80. The lowest BCUT2D eigenvalue weighted by molar-refractivity contribution is -0.00119. The third kappa shape index (κ3) is 3.55. The molecule has 0 spiro atoms. The maximum absolute atomic E-state index is 6.07. The van der Waals surface area contributed by atoms with E-state index in [9.17, 15) is 0 Å². The minimum Gasteiger partial charge on any atom is -0.494 e. The number of fused-ring (bicyclic) bond motifs is 1. The van der Waals surface area contributed by atoms with Crippen LogP contribution in [-0.2, 0) is 17.9 Å². The minimum absolute atomic E-state index is 0.118. The van der Waals surface area contributed by atoms with E-state index in [1.165, 1.54) is 0 Å². The molecule has 0 saturated heterocycles. The lowest BCUT2D eigenvalue weighted by Crippen LogP contribution is -2.22. The van der Waals surface area contributed by atoms with Gasteiger partial charge in [-0.3, -0.25) is 0 Å². The number of hydrogen-bond acceptors (Lipinski definition) is 7. The molecular weight excluding hydrogens is 406 g/mol. The van der Waals surface area contributed by atoms with Crippen LogP contribution in [-0.4, -0.2) is 31.7 Å². The van der Waals surface area contributed by atoms with Gasteiger partial charge in [0.25, 0.3) is 5.89 Å².